The quantitative estimate of drug-likeness (QED) is 0.401. The number of pyridine rings is 1. The summed E-state index contributed by atoms with van der Waals surface area (Å²) in [6.07, 6.45) is 6.40. The maximum Gasteiger partial charge on any atom is 0.191 e. The first-order valence-corrected chi connectivity index (χ1v) is 10.5. The molecule has 0 amide bonds. The highest BCUT2D eigenvalue weighted by molar-refractivity contribution is 7.98. The van der Waals surface area contributed by atoms with Crippen LogP contribution < -0.4 is 10.6 Å². The summed E-state index contributed by atoms with van der Waals surface area (Å²) >= 11 is 1.89. The number of thioether (sulfide) groups is 1. The van der Waals surface area contributed by atoms with Gasteiger partial charge < -0.3 is 10.6 Å². The van der Waals surface area contributed by atoms with Gasteiger partial charge in [0.25, 0.3) is 0 Å². The minimum absolute atomic E-state index is 0.602. The van der Waals surface area contributed by atoms with E-state index in [9.17, 15) is 0 Å². The number of nitrogens with one attached hydrogen (secondary N) is 2. The lowest BCUT2D eigenvalue weighted by molar-refractivity contribution is 0.734. The molecule has 0 atom stereocenters. The maximum atomic E-state index is 4.65. The Kier molecular flexibility index (Phi) is 8.47. The van der Waals surface area contributed by atoms with E-state index in [-0.39, 0.29) is 0 Å². The average molecular weight is 375 g/mol. The molecular formula is C19H30N6S. The fourth-order valence-electron chi connectivity index (χ4n) is 2.59. The summed E-state index contributed by atoms with van der Waals surface area (Å²) in [4.78, 5) is 9.18. The lowest BCUT2D eigenvalue weighted by Gasteiger charge is -2.11. The van der Waals surface area contributed by atoms with E-state index < -0.39 is 0 Å². The van der Waals surface area contributed by atoms with Gasteiger partial charge in [0.05, 0.1) is 12.2 Å². The summed E-state index contributed by atoms with van der Waals surface area (Å²) in [5, 5.41) is 11.2. The lowest BCUT2D eigenvalue weighted by atomic mass is 10.3. The van der Waals surface area contributed by atoms with E-state index in [4.69, 9.17) is 0 Å². The van der Waals surface area contributed by atoms with Gasteiger partial charge in [0.1, 0.15) is 0 Å². The van der Waals surface area contributed by atoms with E-state index in [2.05, 4.69) is 45.0 Å². The molecule has 2 aromatic heterocycles. The second kappa shape index (κ2) is 10.9. The first-order chi connectivity index (χ1) is 12.6. The summed E-state index contributed by atoms with van der Waals surface area (Å²) in [6, 6.07) is 6.10. The summed E-state index contributed by atoms with van der Waals surface area (Å²) in [7, 11) is 0. The molecule has 0 saturated heterocycles. The summed E-state index contributed by atoms with van der Waals surface area (Å²) < 4.78 is 1.86. The number of hydrogen-bond acceptors (Lipinski definition) is 4. The topological polar surface area (TPSA) is 67.1 Å². The van der Waals surface area contributed by atoms with Crippen LogP contribution in [0.15, 0.2) is 29.4 Å². The van der Waals surface area contributed by atoms with Crippen LogP contribution in [0.5, 0.6) is 0 Å². The molecule has 0 fully saturated rings. The highest BCUT2D eigenvalue weighted by Gasteiger charge is 2.05. The Morgan fingerprint density at radius 1 is 1.23 bits per heavy atom. The van der Waals surface area contributed by atoms with E-state index >= 15 is 0 Å². The molecule has 0 aliphatic rings. The van der Waals surface area contributed by atoms with Crippen molar-refractivity contribution in [1.82, 2.24) is 25.4 Å². The van der Waals surface area contributed by atoms with E-state index in [0.717, 1.165) is 48.2 Å². The standard InChI is InChI=1S/C19H30N6S/c1-5-20-19(21-10-6-7-11-26-4)23-14-17-8-9-18(22-13-17)25-16(3)12-15(2)24-25/h8-9,12-13H,5-7,10-11,14H2,1-4H3,(H2,20,21,23). The number of aromatic nitrogens is 3. The molecule has 142 valence electrons. The third-order valence-electron chi connectivity index (χ3n) is 3.87. The minimum atomic E-state index is 0.602. The van der Waals surface area contributed by atoms with Crippen LogP contribution in [0.25, 0.3) is 5.82 Å². The van der Waals surface area contributed by atoms with Crippen molar-refractivity contribution in [3.63, 3.8) is 0 Å². The molecular weight excluding hydrogens is 344 g/mol. The molecule has 0 aliphatic carbocycles. The first-order valence-electron chi connectivity index (χ1n) is 9.13. The van der Waals surface area contributed by atoms with Crippen molar-refractivity contribution in [3.05, 3.63) is 41.3 Å². The van der Waals surface area contributed by atoms with Crippen LogP contribution in [0.3, 0.4) is 0 Å². The van der Waals surface area contributed by atoms with Gasteiger partial charge in [-0.25, -0.2) is 14.7 Å². The fraction of sp³-hybridized carbons (Fsp3) is 0.526. The highest BCUT2D eigenvalue weighted by atomic mass is 32.2. The van der Waals surface area contributed by atoms with Crippen LogP contribution >= 0.6 is 11.8 Å². The highest BCUT2D eigenvalue weighted by Crippen LogP contribution is 2.10. The molecule has 0 unspecified atom stereocenters. The van der Waals surface area contributed by atoms with Crippen molar-refractivity contribution in [1.29, 1.82) is 0 Å². The van der Waals surface area contributed by atoms with E-state index in [0.29, 0.717) is 6.54 Å². The Hall–Kier alpha value is -2.02. The zero-order chi connectivity index (χ0) is 18.8. The SMILES string of the molecule is CCNC(=NCc1ccc(-n2nc(C)cc2C)nc1)NCCCCSC. The van der Waals surface area contributed by atoms with Gasteiger partial charge >= 0.3 is 0 Å². The predicted molar refractivity (Wildman–Crippen MR) is 111 cm³/mol. The fourth-order valence-corrected chi connectivity index (χ4v) is 3.08. The molecule has 2 N–H and O–H groups in total. The molecule has 6 nitrogen and oxygen atoms in total. The van der Waals surface area contributed by atoms with Crippen LogP contribution in [0.2, 0.25) is 0 Å². The van der Waals surface area contributed by atoms with Crippen molar-refractivity contribution in [2.24, 2.45) is 4.99 Å². The molecule has 0 aromatic carbocycles. The molecule has 7 heteroatoms. The van der Waals surface area contributed by atoms with Gasteiger partial charge in [-0.15, -0.1) is 0 Å². The maximum absolute atomic E-state index is 4.65. The van der Waals surface area contributed by atoms with Gasteiger partial charge in [-0.05, 0) is 63.3 Å². The predicted octanol–water partition coefficient (Wildman–Crippen LogP) is 3.08. The molecule has 2 heterocycles. The number of unbranched alkanes of at least 4 members (excludes halogenated alkanes) is 1. The first kappa shape index (κ1) is 20.3. The molecule has 0 spiro atoms. The molecule has 0 aliphatic heterocycles. The van der Waals surface area contributed by atoms with Gasteiger partial charge in [-0.2, -0.15) is 16.9 Å². The Bertz CT molecular complexity index is 693. The Morgan fingerprint density at radius 3 is 2.69 bits per heavy atom. The van der Waals surface area contributed by atoms with Gasteiger partial charge in [-0.3, -0.25) is 0 Å². The second-order valence-electron chi connectivity index (χ2n) is 6.19. The van der Waals surface area contributed by atoms with E-state index in [1.165, 1.54) is 12.2 Å². The van der Waals surface area contributed by atoms with Crippen LogP contribution in [0.4, 0.5) is 0 Å². The monoisotopic (exact) mass is 374 g/mol. The molecule has 2 aromatic rings. The van der Waals surface area contributed by atoms with Crippen LogP contribution in [0.1, 0.15) is 36.7 Å². The van der Waals surface area contributed by atoms with E-state index in [1.807, 2.05) is 48.6 Å². The zero-order valence-electron chi connectivity index (χ0n) is 16.2. The van der Waals surface area contributed by atoms with E-state index in [1.54, 1.807) is 0 Å². The van der Waals surface area contributed by atoms with Crippen molar-refractivity contribution in [2.45, 2.75) is 40.2 Å². The Balaban J connectivity index is 1.92. The molecule has 2 rings (SSSR count). The van der Waals surface area contributed by atoms with Gasteiger partial charge in [-0.1, -0.05) is 6.07 Å². The lowest BCUT2D eigenvalue weighted by Crippen LogP contribution is -2.37. The molecule has 26 heavy (non-hydrogen) atoms. The van der Waals surface area contributed by atoms with Crippen molar-refractivity contribution >= 4 is 17.7 Å². The normalized spacial score (nSPS) is 11.6. The molecule has 0 radical (unpaired) electrons. The third-order valence-corrected chi connectivity index (χ3v) is 4.56. The summed E-state index contributed by atoms with van der Waals surface area (Å²) in [5.74, 6) is 2.91. The van der Waals surface area contributed by atoms with Crippen LogP contribution in [-0.4, -0.2) is 45.8 Å². The largest absolute Gasteiger partial charge is 0.357 e. The number of nitrogens with zero attached hydrogens (tertiary/aromatic N) is 4. The minimum Gasteiger partial charge on any atom is -0.357 e. The average Bonchev–Trinajstić information content (AvgIpc) is 2.98. The summed E-state index contributed by atoms with van der Waals surface area (Å²) in [5.41, 5.74) is 3.16. The molecule has 0 saturated carbocycles. The number of rotatable bonds is 9. The van der Waals surface area contributed by atoms with Crippen LogP contribution in [-0.2, 0) is 6.54 Å². The number of guanidine groups is 1. The van der Waals surface area contributed by atoms with Crippen molar-refractivity contribution < 1.29 is 0 Å². The van der Waals surface area contributed by atoms with Gasteiger partial charge in [0, 0.05) is 25.0 Å². The third kappa shape index (κ3) is 6.37. The summed E-state index contributed by atoms with van der Waals surface area (Å²) in [6.45, 7) is 8.50. The van der Waals surface area contributed by atoms with Gasteiger partial charge in [0.2, 0.25) is 0 Å². The Morgan fingerprint density at radius 2 is 2.08 bits per heavy atom. The zero-order valence-corrected chi connectivity index (χ0v) is 17.1. The van der Waals surface area contributed by atoms with Gasteiger partial charge in [0.15, 0.2) is 11.8 Å². The van der Waals surface area contributed by atoms with Crippen LogP contribution in [0, 0.1) is 13.8 Å². The number of hydrogen-bond donors (Lipinski definition) is 2. The van der Waals surface area contributed by atoms with Crippen molar-refractivity contribution in [2.75, 3.05) is 25.1 Å². The number of aliphatic imine (C=N–C) groups is 1. The Labute approximate surface area is 160 Å². The smallest absolute Gasteiger partial charge is 0.191 e. The van der Waals surface area contributed by atoms with Crippen molar-refractivity contribution in [3.8, 4) is 5.82 Å². The second-order valence-corrected chi connectivity index (χ2v) is 7.17. The number of aryl methyl sites for hydroxylation is 2. The molecule has 0 bridgehead atoms.